The lowest BCUT2D eigenvalue weighted by atomic mass is 9.91. The van der Waals surface area contributed by atoms with E-state index in [9.17, 15) is 31.2 Å². The highest BCUT2D eigenvalue weighted by Gasteiger charge is 2.36. The molecule has 0 bridgehead atoms. The summed E-state index contributed by atoms with van der Waals surface area (Å²) < 4.78 is 54.1. The first-order valence-corrected chi connectivity index (χ1v) is 12.8. The number of ketones is 2. The number of fused-ring (bicyclic) bond motifs is 1. The highest BCUT2D eigenvalue weighted by Crippen LogP contribution is 2.37. The van der Waals surface area contributed by atoms with Crippen LogP contribution in [0.3, 0.4) is 0 Å². The zero-order valence-electron chi connectivity index (χ0n) is 16.1. The third-order valence-corrected chi connectivity index (χ3v) is 9.30. The molecule has 0 fully saturated rings. The number of hydrogen-bond donors (Lipinski definition) is 0. The average Bonchev–Trinajstić information content (AvgIpc) is 3.01. The van der Waals surface area contributed by atoms with Gasteiger partial charge in [-0.2, -0.15) is 0 Å². The van der Waals surface area contributed by atoms with E-state index < -0.39 is 55.0 Å². The van der Waals surface area contributed by atoms with Gasteiger partial charge in [0.05, 0.1) is 45.4 Å². The second kappa shape index (κ2) is 8.24. The summed E-state index contributed by atoms with van der Waals surface area (Å²) in [6, 6.07) is 2.47. The van der Waals surface area contributed by atoms with Crippen molar-refractivity contribution in [3.05, 3.63) is 38.8 Å². The van der Waals surface area contributed by atoms with Crippen molar-refractivity contribution >= 4 is 48.8 Å². The molecule has 0 atom stereocenters. The Labute approximate surface area is 179 Å². The van der Waals surface area contributed by atoms with Gasteiger partial charge in [0, 0.05) is 12.0 Å². The second-order valence-electron chi connectivity index (χ2n) is 7.02. The number of benzene rings is 1. The molecule has 1 aromatic rings. The third-order valence-electron chi connectivity index (χ3n) is 5.17. The molecular weight excluding hydrogens is 456 g/mol. The summed E-state index contributed by atoms with van der Waals surface area (Å²) in [5.41, 5.74) is -0.284. The summed E-state index contributed by atoms with van der Waals surface area (Å²) in [6.45, 7) is 0. The van der Waals surface area contributed by atoms with E-state index in [1.807, 2.05) is 0 Å². The van der Waals surface area contributed by atoms with Gasteiger partial charge in [0.25, 0.3) is 0 Å². The number of Topliss-reactive ketones (excluding diaryl/α,β-unsaturated/α-hetero) is 2. The topological polar surface area (TPSA) is 129 Å². The van der Waals surface area contributed by atoms with Gasteiger partial charge >= 0.3 is 5.97 Å². The van der Waals surface area contributed by atoms with E-state index in [1.165, 1.54) is 12.1 Å². The van der Waals surface area contributed by atoms with Gasteiger partial charge in [-0.15, -0.1) is 0 Å². The van der Waals surface area contributed by atoms with Crippen LogP contribution in [0.4, 0.5) is 0 Å². The molecule has 0 saturated heterocycles. The molecule has 0 radical (unpaired) electrons. The number of methoxy groups -OCH3 is 1. The molecule has 1 aromatic carbocycles. The fourth-order valence-electron chi connectivity index (χ4n) is 3.61. The fourth-order valence-corrected chi connectivity index (χ4v) is 7.21. The molecule has 1 heterocycles. The van der Waals surface area contributed by atoms with E-state index in [0.29, 0.717) is 5.56 Å². The quantitative estimate of drug-likeness (QED) is 0.347. The molecule has 2 aliphatic rings. The Bertz CT molecular complexity index is 1190. The first kappa shape index (κ1) is 22.6. The Morgan fingerprint density at radius 2 is 1.87 bits per heavy atom. The molecule has 8 nitrogen and oxygen atoms in total. The van der Waals surface area contributed by atoms with Crippen LogP contribution in [0.1, 0.15) is 41.6 Å². The Morgan fingerprint density at radius 1 is 1.17 bits per heavy atom. The van der Waals surface area contributed by atoms with Gasteiger partial charge in [-0.25, -0.2) is 16.8 Å². The Balaban J connectivity index is 2.08. The van der Waals surface area contributed by atoms with Gasteiger partial charge in [-0.1, -0.05) is 11.6 Å². The summed E-state index contributed by atoms with van der Waals surface area (Å²) in [5.74, 6) is -2.92. The SMILES string of the molecule is COC(=O)CCS(=O)(=O)C1=C(C(=O)c2ccc3c(c2Cl)CCS3(=O)=O)C(=O)CCC1. The van der Waals surface area contributed by atoms with Crippen LogP contribution in [0.25, 0.3) is 0 Å². The zero-order chi connectivity index (χ0) is 22.3. The molecule has 1 aliphatic heterocycles. The maximum Gasteiger partial charge on any atom is 0.306 e. The van der Waals surface area contributed by atoms with Gasteiger partial charge in [0.1, 0.15) is 0 Å². The number of allylic oxidation sites excluding steroid dienone is 2. The Morgan fingerprint density at radius 3 is 2.53 bits per heavy atom. The number of carbonyl (C=O) groups excluding carboxylic acids is 3. The first-order chi connectivity index (χ1) is 14.0. The summed E-state index contributed by atoms with van der Waals surface area (Å²) in [4.78, 5) is 36.8. The number of carbonyl (C=O) groups is 3. The molecule has 1 aliphatic carbocycles. The maximum absolute atomic E-state index is 13.2. The molecule has 0 amide bonds. The van der Waals surface area contributed by atoms with Crippen LogP contribution < -0.4 is 0 Å². The molecule has 3 rings (SSSR count). The molecule has 11 heteroatoms. The van der Waals surface area contributed by atoms with Crippen LogP contribution in [-0.2, 0) is 40.4 Å². The van der Waals surface area contributed by atoms with Crippen molar-refractivity contribution < 1.29 is 36.0 Å². The van der Waals surface area contributed by atoms with Crippen LogP contribution in [-0.4, -0.2) is 53.0 Å². The predicted molar refractivity (Wildman–Crippen MR) is 108 cm³/mol. The average molecular weight is 475 g/mol. The number of hydrogen-bond acceptors (Lipinski definition) is 8. The maximum atomic E-state index is 13.2. The fraction of sp³-hybridized carbons (Fsp3) is 0.421. The van der Waals surface area contributed by atoms with E-state index in [4.69, 9.17) is 11.6 Å². The van der Waals surface area contributed by atoms with Gasteiger partial charge in [-0.05, 0) is 37.0 Å². The summed E-state index contributed by atoms with van der Waals surface area (Å²) >= 11 is 6.30. The van der Waals surface area contributed by atoms with Crippen molar-refractivity contribution in [1.82, 2.24) is 0 Å². The lowest BCUT2D eigenvalue weighted by Gasteiger charge is -2.19. The molecule has 0 aromatic heterocycles. The molecule has 162 valence electrons. The number of halogens is 1. The molecule has 0 saturated carbocycles. The predicted octanol–water partition coefficient (Wildman–Crippen LogP) is 1.84. The van der Waals surface area contributed by atoms with Crippen LogP contribution >= 0.6 is 11.6 Å². The highest BCUT2D eigenvalue weighted by atomic mass is 35.5. The van der Waals surface area contributed by atoms with Crippen molar-refractivity contribution in [3.63, 3.8) is 0 Å². The van der Waals surface area contributed by atoms with Crippen molar-refractivity contribution in [2.24, 2.45) is 0 Å². The monoisotopic (exact) mass is 474 g/mol. The third kappa shape index (κ3) is 4.08. The first-order valence-electron chi connectivity index (χ1n) is 9.14. The van der Waals surface area contributed by atoms with Gasteiger partial charge in [-0.3, -0.25) is 14.4 Å². The van der Waals surface area contributed by atoms with Gasteiger partial charge < -0.3 is 4.74 Å². The van der Waals surface area contributed by atoms with Gasteiger partial charge in [0.2, 0.25) is 0 Å². The van der Waals surface area contributed by atoms with Crippen LogP contribution in [0.5, 0.6) is 0 Å². The minimum absolute atomic E-state index is 0.00669. The lowest BCUT2D eigenvalue weighted by molar-refractivity contribution is -0.140. The minimum atomic E-state index is -4.07. The van der Waals surface area contributed by atoms with E-state index in [2.05, 4.69) is 4.74 Å². The van der Waals surface area contributed by atoms with Crippen molar-refractivity contribution in [3.8, 4) is 0 Å². The van der Waals surface area contributed by atoms with Crippen LogP contribution in [0.2, 0.25) is 5.02 Å². The summed E-state index contributed by atoms with van der Waals surface area (Å²) in [7, 11) is -6.41. The van der Waals surface area contributed by atoms with Crippen LogP contribution in [0.15, 0.2) is 27.5 Å². The number of rotatable bonds is 6. The standard InChI is InChI=1S/C19H19ClO8S2/c1-28-16(22)8-10-30(26,27)15-4-2-3-13(21)17(15)19(23)12-5-6-14-11(18(12)20)7-9-29(14,24)25/h5-6H,2-4,7-10H2,1H3. The summed E-state index contributed by atoms with van der Waals surface area (Å²) in [6.07, 6.45) is -0.00971. The molecular formula is C19H19ClO8S2. The van der Waals surface area contributed by atoms with Crippen molar-refractivity contribution in [2.75, 3.05) is 18.6 Å². The van der Waals surface area contributed by atoms with Crippen molar-refractivity contribution in [1.29, 1.82) is 0 Å². The van der Waals surface area contributed by atoms with Crippen LogP contribution in [0, 0.1) is 0 Å². The zero-order valence-corrected chi connectivity index (χ0v) is 18.5. The number of sulfone groups is 2. The summed E-state index contributed by atoms with van der Waals surface area (Å²) in [5, 5.41) is -0.0873. The largest absolute Gasteiger partial charge is 0.469 e. The Hall–Kier alpha value is -2.04. The molecule has 30 heavy (non-hydrogen) atoms. The normalized spacial score (nSPS) is 18.3. The van der Waals surface area contributed by atoms with E-state index in [0.717, 1.165) is 7.11 Å². The highest BCUT2D eigenvalue weighted by molar-refractivity contribution is 7.95. The smallest absolute Gasteiger partial charge is 0.306 e. The van der Waals surface area contributed by atoms with E-state index in [1.54, 1.807) is 0 Å². The molecule has 0 spiro atoms. The lowest BCUT2D eigenvalue weighted by Crippen LogP contribution is -2.25. The second-order valence-corrected chi connectivity index (χ2v) is 11.6. The van der Waals surface area contributed by atoms with E-state index >= 15 is 0 Å². The number of esters is 1. The molecule has 0 N–H and O–H groups in total. The van der Waals surface area contributed by atoms with Gasteiger partial charge in [0.15, 0.2) is 31.2 Å². The van der Waals surface area contributed by atoms with E-state index in [-0.39, 0.29) is 51.8 Å². The minimum Gasteiger partial charge on any atom is -0.469 e. The Kier molecular flexibility index (Phi) is 6.22. The number of ether oxygens (including phenoxy) is 1. The van der Waals surface area contributed by atoms with Crippen molar-refractivity contribution in [2.45, 2.75) is 37.0 Å². The molecule has 0 unspecified atom stereocenters.